The molecule has 0 unspecified atom stereocenters. The molecule has 0 spiro atoms. The van der Waals surface area contributed by atoms with Crippen LogP contribution >= 0.6 is 34.8 Å². The van der Waals surface area contributed by atoms with E-state index in [9.17, 15) is 0 Å². The number of rotatable bonds is 1. The van der Waals surface area contributed by atoms with Crippen LogP contribution in [0.3, 0.4) is 0 Å². The Hall–Kier alpha value is -0.250. The molecule has 0 saturated heterocycles. The third kappa shape index (κ3) is 1.42. The molecular weight excluding hydrogens is 196 g/mol. The molecule has 3 nitrogen and oxygen atoms in total. The summed E-state index contributed by atoms with van der Waals surface area (Å²) in [6.07, 6.45) is 0. The summed E-state index contributed by atoms with van der Waals surface area (Å²) >= 11 is 16.5. The van der Waals surface area contributed by atoms with Gasteiger partial charge in [-0.15, -0.1) is 0 Å². The van der Waals surface area contributed by atoms with Gasteiger partial charge in [0.1, 0.15) is 10.8 Å². The highest BCUT2D eigenvalue weighted by atomic mass is 35.5. The summed E-state index contributed by atoms with van der Waals surface area (Å²) in [5.74, 6) is 0.0941. The van der Waals surface area contributed by atoms with Crippen LogP contribution < -0.4 is 5.73 Å². The molecule has 0 bridgehead atoms. The van der Waals surface area contributed by atoms with Gasteiger partial charge in [-0.05, 0) is 11.6 Å². The Labute approximate surface area is 73.6 Å². The zero-order valence-electron chi connectivity index (χ0n) is 5.53. The number of anilines is 1. The lowest BCUT2D eigenvalue weighted by Crippen LogP contribution is -1.94. The summed E-state index contributed by atoms with van der Waals surface area (Å²) in [4.78, 5) is 7.14. The fourth-order valence-corrected chi connectivity index (χ4v) is 0.860. The van der Waals surface area contributed by atoms with Gasteiger partial charge in [0.15, 0.2) is 6.56 Å². The van der Waals surface area contributed by atoms with Gasteiger partial charge in [-0.3, -0.25) is 0 Å². The number of hydrogen-bond acceptors (Lipinski definition) is 3. The zero-order valence-corrected chi connectivity index (χ0v) is 6.80. The average molecular weight is 199 g/mol. The highest BCUT2D eigenvalue weighted by Crippen LogP contribution is 2.25. The van der Waals surface area contributed by atoms with Crippen molar-refractivity contribution in [3.8, 4) is 0 Å². The molecule has 6 heteroatoms. The van der Waals surface area contributed by atoms with Crippen molar-refractivity contribution in [2.24, 2.45) is 0 Å². The first-order valence-corrected chi connectivity index (χ1v) is 3.35. The number of nitrogen functional groups attached to an aromatic ring is 1. The van der Waals surface area contributed by atoms with E-state index >= 15 is 0 Å². The first-order chi connectivity index (χ1) is 5.15. The number of aromatic nitrogens is 2. The molecule has 0 aliphatic rings. The van der Waals surface area contributed by atoms with E-state index in [1.807, 2.05) is 5.73 Å². The third-order valence-corrected chi connectivity index (χ3v) is 1.68. The van der Waals surface area contributed by atoms with Crippen LogP contribution in [0.25, 0.3) is 0 Å². The fourth-order valence-electron chi connectivity index (χ4n) is 0.394. The summed E-state index contributed by atoms with van der Waals surface area (Å²) in [6.45, 7) is 0. The minimum Gasteiger partial charge on any atom is -0.382 e. The highest BCUT2D eigenvalue weighted by Gasteiger charge is 2.05. The molecule has 0 aromatic carbocycles. The first kappa shape index (κ1) is 6.46. The van der Waals surface area contributed by atoms with E-state index in [4.69, 9.17) is 36.2 Å². The van der Waals surface area contributed by atoms with Crippen LogP contribution in [0, 0.1) is 0 Å². The van der Waals surface area contributed by atoms with Crippen molar-refractivity contribution in [3.05, 3.63) is 15.5 Å². The standard InChI is InChI=1S/C4H2Cl3N3/c5-1-2(6)9-4(7)10-3(1)8/h(H2,8,9,10)/i/hD. The first-order valence-electron chi connectivity index (χ1n) is 2.71. The van der Waals surface area contributed by atoms with Gasteiger partial charge in [-0.2, -0.15) is 4.98 Å². The third-order valence-electron chi connectivity index (χ3n) is 0.784. The second kappa shape index (κ2) is 2.78. The predicted molar refractivity (Wildman–Crippen MR) is 41.5 cm³/mol. The maximum Gasteiger partial charge on any atom is 0.225 e. The van der Waals surface area contributed by atoms with E-state index in [0.717, 1.165) is 0 Å². The van der Waals surface area contributed by atoms with Crippen LogP contribution in [0.15, 0.2) is 0 Å². The predicted octanol–water partition coefficient (Wildman–Crippen LogP) is 2.02. The molecule has 0 amide bonds. The Morgan fingerprint density at radius 1 is 1.30 bits per heavy atom. The summed E-state index contributed by atoms with van der Waals surface area (Å²) < 4.78 is 6.74. The maximum atomic E-state index is 6.74. The Bertz CT molecular complexity index is 280. The van der Waals surface area contributed by atoms with Crippen molar-refractivity contribution < 1.29 is 1.41 Å². The van der Waals surface area contributed by atoms with E-state index in [1.165, 1.54) is 0 Å². The number of nitrogens with two attached hydrogens (primary N) is 1. The maximum absolute atomic E-state index is 6.74. The fraction of sp³-hybridized carbons (Fsp3) is 0. The van der Waals surface area contributed by atoms with Crippen molar-refractivity contribution in [2.75, 3.05) is 5.73 Å². The molecule has 0 fully saturated rings. The minimum absolute atomic E-state index is 0.0291. The summed E-state index contributed by atoms with van der Waals surface area (Å²) in [7, 11) is 0. The van der Waals surface area contributed by atoms with E-state index in [2.05, 4.69) is 9.97 Å². The van der Waals surface area contributed by atoms with E-state index in [-0.39, 0.29) is 21.3 Å². The summed E-state index contributed by atoms with van der Waals surface area (Å²) in [5.41, 5.74) is 1.97. The molecule has 10 heavy (non-hydrogen) atoms. The Morgan fingerprint density at radius 3 is 2.60 bits per heavy atom. The van der Waals surface area contributed by atoms with E-state index in [1.54, 1.807) is 0 Å². The molecule has 1 heterocycles. The second-order valence-electron chi connectivity index (χ2n) is 1.45. The van der Waals surface area contributed by atoms with Crippen LogP contribution in [0.5, 0.6) is 0 Å². The zero-order chi connectivity index (χ0) is 8.43. The lowest BCUT2D eigenvalue weighted by Gasteiger charge is -1.97. The van der Waals surface area contributed by atoms with Crippen molar-refractivity contribution in [1.29, 1.82) is 0 Å². The molecule has 0 aliphatic heterocycles. The van der Waals surface area contributed by atoms with Gasteiger partial charge in [0.05, 0.1) is 0 Å². The van der Waals surface area contributed by atoms with Gasteiger partial charge in [-0.25, -0.2) is 4.98 Å². The second-order valence-corrected chi connectivity index (χ2v) is 2.52. The molecule has 1 rings (SSSR count). The van der Waals surface area contributed by atoms with Crippen LogP contribution in [0.2, 0.25) is 16.9 Å². The van der Waals surface area contributed by atoms with Gasteiger partial charge in [0, 0.05) is 0 Å². The number of hydrogen-bond donors (Lipinski definition) is 1. The molecule has 1 aromatic heterocycles. The Morgan fingerprint density at radius 2 is 2.00 bits per heavy atom. The molecule has 0 saturated carbocycles. The van der Waals surface area contributed by atoms with Crippen LogP contribution in [0.1, 0.15) is 0 Å². The van der Waals surface area contributed by atoms with Gasteiger partial charge >= 0.3 is 0 Å². The molecule has 0 aliphatic carbocycles. The van der Waals surface area contributed by atoms with Gasteiger partial charge in [0.25, 0.3) is 0 Å². The molecule has 2 N–H and O–H groups in total. The molecule has 0 atom stereocenters. The van der Waals surface area contributed by atoms with Crippen LogP contribution in [-0.4, -0.2) is 9.97 Å². The van der Waals surface area contributed by atoms with Crippen LogP contribution in [-0.2, 0) is 0 Å². The van der Waals surface area contributed by atoms with Gasteiger partial charge in [-0.1, -0.05) is 23.2 Å². The topological polar surface area (TPSA) is 51.8 Å². The van der Waals surface area contributed by atoms with Crippen molar-refractivity contribution >= 4 is 40.6 Å². The molecule has 0 radical (unpaired) electrons. The largest absolute Gasteiger partial charge is 0.382 e. The lowest BCUT2D eigenvalue weighted by atomic mass is 10.6. The molecule has 54 valence electrons. The molecule has 1 aromatic rings. The smallest absolute Gasteiger partial charge is 0.225 e. The quantitative estimate of drug-likeness (QED) is 0.556. The van der Waals surface area contributed by atoms with Gasteiger partial charge < -0.3 is 5.73 Å². The average Bonchev–Trinajstić information content (AvgIpc) is 1.96. The number of nitrogens with zero attached hydrogens (tertiary/aromatic N) is 2. The highest BCUT2D eigenvalue weighted by molar-refractivity contribution is 6.43. The van der Waals surface area contributed by atoms with Crippen molar-refractivity contribution in [1.82, 2.24) is 9.97 Å². The van der Waals surface area contributed by atoms with Crippen LogP contribution in [0.4, 0.5) is 5.82 Å². The van der Waals surface area contributed by atoms with E-state index in [0.29, 0.717) is 0 Å². The summed E-state index contributed by atoms with van der Waals surface area (Å²) in [5, 5.41) is 0.0710. The van der Waals surface area contributed by atoms with E-state index < -0.39 is 0 Å². The minimum atomic E-state index is -0.0471. The Kier molecular flexibility index (Phi) is 1.80. The monoisotopic (exact) mass is 198 g/mol. The Balaban J connectivity index is 3.24. The molecular formula is C4H2Cl3N3. The lowest BCUT2D eigenvalue weighted by molar-refractivity contribution is 1.18. The van der Waals surface area contributed by atoms with Crippen molar-refractivity contribution in [3.63, 3.8) is 0 Å². The summed E-state index contributed by atoms with van der Waals surface area (Å²) in [6, 6.07) is 0. The van der Waals surface area contributed by atoms with Crippen molar-refractivity contribution in [2.45, 2.75) is 0 Å². The number of halogens is 3. The SMILES string of the molecule is [2H]Nc1nc(Cl)nc(Cl)c1Cl. The van der Waals surface area contributed by atoms with Gasteiger partial charge in [0.2, 0.25) is 5.28 Å². The normalized spacial score (nSPS) is 10.9.